The Morgan fingerprint density at radius 2 is 0.552 bits per heavy atom. The molecular formula is C28H27Li. The van der Waals surface area contributed by atoms with E-state index < -0.39 is 0 Å². The van der Waals surface area contributed by atoms with Crippen LogP contribution in [0.4, 0.5) is 0 Å². The third kappa shape index (κ3) is 5.51. The maximum atomic E-state index is 2.26. The van der Waals surface area contributed by atoms with Gasteiger partial charge >= 0.3 is 18.9 Å². The van der Waals surface area contributed by atoms with Crippen LogP contribution in [0.5, 0.6) is 0 Å². The zero-order valence-corrected chi connectivity index (χ0v) is 16.1. The van der Waals surface area contributed by atoms with Gasteiger partial charge in [-0.15, -0.1) is 0 Å². The van der Waals surface area contributed by atoms with Crippen LogP contribution in [0.15, 0.2) is 121 Å². The van der Waals surface area contributed by atoms with E-state index in [1.165, 1.54) is 22.3 Å². The van der Waals surface area contributed by atoms with Crippen molar-refractivity contribution in [1.82, 2.24) is 0 Å². The quantitative estimate of drug-likeness (QED) is 0.314. The summed E-state index contributed by atoms with van der Waals surface area (Å²) in [6.45, 7) is 0. The van der Waals surface area contributed by atoms with E-state index in [-0.39, 0.29) is 18.9 Å². The van der Waals surface area contributed by atoms with Gasteiger partial charge in [-0.05, 0) is 35.1 Å². The second-order valence-corrected chi connectivity index (χ2v) is 7.33. The van der Waals surface area contributed by atoms with E-state index in [9.17, 15) is 0 Å². The average molecular weight is 370 g/mol. The van der Waals surface area contributed by atoms with Crippen molar-refractivity contribution >= 4 is 18.9 Å². The molecule has 0 unspecified atom stereocenters. The van der Waals surface area contributed by atoms with Gasteiger partial charge in [-0.2, -0.15) is 0 Å². The minimum Gasteiger partial charge on any atom is -0.0622 e. The molecule has 0 saturated heterocycles. The van der Waals surface area contributed by atoms with Crippen molar-refractivity contribution in [2.45, 2.75) is 24.7 Å². The third-order valence-corrected chi connectivity index (χ3v) is 5.55. The maximum Gasteiger partial charge on any atom is 0.00896 e. The Bertz CT molecular complexity index is 788. The molecule has 29 heavy (non-hydrogen) atoms. The molecule has 0 nitrogen and oxygen atoms in total. The van der Waals surface area contributed by atoms with E-state index in [4.69, 9.17) is 0 Å². The smallest absolute Gasteiger partial charge is 0.00896 e. The van der Waals surface area contributed by atoms with Crippen LogP contribution in [-0.4, -0.2) is 18.9 Å². The molecule has 0 aliphatic rings. The minimum atomic E-state index is 0. The second kappa shape index (κ2) is 10.9. The van der Waals surface area contributed by atoms with Crippen molar-refractivity contribution in [3.05, 3.63) is 144 Å². The first-order valence-electron chi connectivity index (χ1n) is 10.1. The van der Waals surface area contributed by atoms with Crippen molar-refractivity contribution in [3.63, 3.8) is 0 Å². The Labute approximate surface area is 186 Å². The Morgan fingerprint density at radius 3 is 0.759 bits per heavy atom. The van der Waals surface area contributed by atoms with Crippen molar-refractivity contribution in [2.75, 3.05) is 0 Å². The SMILES string of the molecule is [LiH].c1ccc(C(CCC(c2ccccc2)c2ccccc2)c2ccccc2)cc1. The molecule has 0 amide bonds. The molecule has 0 radical (unpaired) electrons. The Balaban J connectivity index is 0.00000240. The molecule has 0 fully saturated rings. The maximum absolute atomic E-state index is 2.26. The van der Waals surface area contributed by atoms with Gasteiger partial charge in [0.05, 0.1) is 0 Å². The molecule has 0 saturated carbocycles. The first kappa shape index (κ1) is 21.2. The molecule has 0 bridgehead atoms. The summed E-state index contributed by atoms with van der Waals surface area (Å²) in [5.74, 6) is 0.828. The summed E-state index contributed by atoms with van der Waals surface area (Å²) >= 11 is 0. The third-order valence-electron chi connectivity index (χ3n) is 5.55. The summed E-state index contributed by atoms with van der Waals surface area (Å²) in [5.41, 5.74) is 5.59. The Hall–Kier alpha value is -2.52. The molecule has 0 heterocycles. The van der Waals surface area contributed by atoms with E-state index >= 15 is 0 Å². The van der Waals surface area contributed by atoms with Crippen LogP contribution in [0.25, 0.3) is 0 Å². The van der Waals surface area contributed by atoms with Crippen LogP contribution in [-0.2, 0) is 0 Å². The molecule has 4 aromatic carbocycles. The van der Waals surface area contributed by atoms with Crippen LogP contribution < -0.4 is 0 Å². The van der Waals surface area contributed by atoms with E-state index in [1.807, 2.05) is 0 Å². The molecule has 0 spiro atoms. The van der Waals surface area contributed by atoms with Gasteiger partial charge in [0.25, 0.3) is 0 Å². The van der Waals surface area contributed by atoms with Crippen LogP contribution in [0, 0.1) is 0 Å². The number of rotatable bonds is 7. The predicted molar refractivity (Wildman–Crippen MR) is 126 cm³/mol. The van der Waals surface area contributed by atoms with Crippen LogP contribution in [0.1, 0.15) is 46.9 Å². The Morgan fingerprint density at radius 1 is 0.345 bits per heavy atom. The van der Waals surface area contributed by atoms with E-state index in [0.29, 0.717) is 11.8 Å². The summed E-state index contributed by atoms with van der Waals surface area (Å²) in [6.07, 6.45) is 2.23. The monoisotopic (exact) mass is 370 g/mol. The molecule has 1 heteroatoms. The van der Waals surface area contributed by atoms with Gasteiger partial charge in [0.1, 0.15) is 0 Å². The normalized spacial score (nSPS) is 10.7. The molecule has 140 valence electrons. The van der Waals surface area contributed by atoms with E-state index in [2.05, 4.69) is 121 Å². The second-order valence-electron chi connectivity index (χ2n) is 7.33. The molecule has 0 aliphatic heterocycles. The summed E-state index contributed by atoms with van der Waals surface area (Å²) in [6, 6.07) is 43.7. The van der Waals surface area contributed by atoms with Gasteiger partial charge in [-0.25, -0.2) is 0 Å². The standard InChI is InChI=1S/C28H26.Li.H/c1-5-13-23(14-6-1)27(24-15-7-2-8-16-24)21-22-28(25-17-9-3-10-18-25)26-19-11-4-12-20-26;;/h1-20,27-28H,21-22H2;;. The van der Waals surface area contributed by atoms with Crippen molar-refractivity contribution in [2.24, 2.45) is 0 Å². The molecular weight excluding hydrogens is 343 g/mol. The first-order valence-corrected chi connectivity index (χ1v) is 10.1. The predicted octanol–water partition coefficient (Wildman–Crippen LogP) is 6.78. The number of hydrogen-bond donors (Lipinski definition) is 0. The topological polar surface area (TPSA) is 0 Å². The zero-order chi connectivity index (χ0) is 19.0. The summed E-state index contributed by atoms with van der Waals surface area (Å²) < 4.78 is 0. The zero-order valence-electron chi connectivity index (χ0n) is 16.1. The van der Waals surface area contributed by atoms with Crippen LogP contribution >= 0.6 is 0 Å². The van der Waals surface area contributed by atoms with Gasteiger partial charge in [0.2, 0.25) is 0 Å². The molecule has 0 atom stereocenters. The number of benzene rings is 4. The summed E-state index contributed by atoms with van der Waals surface area (Å²) in [5, 5.41) is 0. The molecule has 0 aliphatic carbocycles. The minimum absolute atomic E-state index is 0. The summed E-state index contributed by atoms with van der Waals surface area (Å²) in [4.78, 5) is 0. The fraction of sp³-hybridized carbons (Fsp3) is 0.143. The molecule has 4 aromatic rings. The van der Waals surface area contributed by atoms with Crippen LogP contribution in [0.3, 0.4) is 0 Å². The van der Waals surface area contributed by atoms with E-state index in [0.717, 1.165) is 12.8 Å². The van der Waals surface area contributed by atoms with Gasteiger partial charge in [-0.1, -0.05) is 121 Å². The van der Waals surface area contributed by atoms with Gasteiger partial charge in [0.15, 0.2) is 0 Å². The first-order chi connectivity index (χ1) is 13.9. The fourth-order valence-corrected chi connectivity index (χ4v) is 4.13. The van der Waals surface area contributed by atoms with Crippen molar-refractivity contribution < 1.29 is 0 Å². The van der Waals surface area contributed by atoms with Crippen molar-refractivity contribution in [1.29, 1.82) is 0 Å². The van der Waals surface area contributed by atoms with E-state index in [1.54, 1.807) is 0 Å². The van der Waals surface area contributed by atoms with Gasteiger partial charge < -0.3 is 0 Å². The molecule has 0 N–H and O–H groups in total. The Kier molecular flexibility index (Phi) is 7.94. The molecule has 4 rings (SSSR count). The van der Waals surface area contributed by atoms with Gasteiger partial charge in [-0.3, -0.25) is 0 Å². The van der Waals surface area contributed by atoms with Gasteiger partial charge in [0, 0.05) is 11.8 Å². The number of hydrogen-bond acceptors (Lipinski definition) is 0. The van der Waals surface area contributed by atoms with Crippen LogP contribution in [0.2, 0.25) is 0 Å². The fourth-order valence-electron chi connectivity index (χ4n) is 4.13. The summed E-state index contributed by atoms with van der Waals surface area (Å²) in [7, 11) is 0. The average Bonchev–Trinajstić information content (AvgIpc) is 2.79. The van der Waals surface area contributed by atoms with Crippen molar-refractivity contribution in [3.8, 4) is 0 Å². The largest absolute Gasteiger partial charge is 0.0622 e. The molecule has 0 aromatic heterocycles.